The van der Waals surface area contributed by atoms with Crippen molar-refractivity contribution in [1.82, 2.24) is 4.90 Å². The van der Waals surface area contributed by atoms with E-state index >= 15 is 0 Å². The normalized spacial score (nSPS) is 18.7. The van der Waals surface area contributed by atoms with E-state index in [0.717, 1.165) is 5.56 Å². The van der Waals surface area contributed by atoms with Gasteiger partial charge in [-0.15, -0.1) is 0 Å². The molecule has 1 atom stereocenters. The van der Waals surface area contributed by atoms with Crippen LogP contribution in [-0.4, -0.2) is 29.8 Å². The SMILES string of the molecule is NC(=O)C1CCN(C(=O)C=Cc2ccc(Cl)c(Cl)c2)C1. The molecule has 1 aromatic carbocycles. The fourth-order valence-electron chi connectivity index (χ4n) is 2.08. The van der Waals surface area contributed by atoms with Crippen molar-refractivity contribution >= 4 is 41.1 Å². The predicted molar refractivity (Wildman–Crippen MR) is 79.4 cm³/mol. The Labute approximate surface area is 127 Å². The zero-order valence-electron chi connectivity index (χ0n) is 10.7. The van der Waals surface area contributed by atoms with Crippen LogP contribution in [0.2, 0.25) is 10.0 Å². The van der Waals surface area contributed by atoms with Crippen molar-refractivity contribution in [2.75, 3.05) is 13.1 Å². The van der Waals surface area contributed by atoms with Crippen LogP contribution in [-0.2, 0) is 9.59 Å². The molecule has 1 aliphatic rings. The summed E-state index contributed by atoms with van der Waals surface area (Å²) in [7, 11) is 0. The molecule has 1 heterocycles. The third-order valence-electron chi connectivity index (χ3n) is 3.26. The Kier molecular flexibility index (Phi) is 4.68. The second-order valence-electron chi connectivity index (χ2n) is 4.68. The number of likely N-dealkylation sites (tertiary alicyclic amines) is 1. The van der Waals surface area contributed by atoms with E-state index < -0.39 is 0 Å². The van der Waals surface area contributed by atoms with Gasteiger partial charge in [0.1, 0.15) is 0 Å². The Morgan fingerprint density at radius 2 is 2.05 bits per heavy atom. The first-order valence-corrected chi connectivity index (χ1v) is 6.94. The Hall–Kier alpha value is -1.52. The van der Waals surface area contributed by atoms with Crippen molar-refractivity contribution in [1.29, 1.82) is 0 Å². The summed E-state index contributed by atoms with van der Waals surface area (Å²) >= 11 is 11.7. The number of carbonyl (C=O) groups is 2. The van der Waals surface area contributed by atoms with Crippen LogP contribution in [0.15, 0.2) is 24.3 Å². The second kappa shape index (κ2) is 6.29. The fourth-order valence-corrected chi connectivity index (χ4v) is 2.39. The standard InChI is InChI=1S/C14H14Cl2N2O2/c15-11-3-1-9(7-12(11)16)2-4-13(19)18-6-5-10(8-18)14(17)20/h1-4,7,10H,5-6,8H2,(H2,17,20). The molecule has 0 aliphatic carbocycles. The first-order valence-electron chi connectivity index (χ1n) is 6.18. The Morgan fingerprint density at radius 1 is 1.30 bits per heavy atom. The zero-order valence-corrected chi connectivity index (χ0v) is 12.2. The van der Waals surface area contributed by atoms with E-state index in [0.29, 0.717) is 29.6 Å². The van der Waals surface area contributed by atoms with Crippen LogP contribution in [0, 0.1) is 5.92 Å². The highest BCUT2D eigenvalue weighted by Gasteiger charge is 2.28. The third kappa shape index (κ3) is 3.52. The molecule has 6 heteroatoms. The van der Waals surface area contributed by atoms with E-state index in [4.69, 9.17) is 28.9 Å². The monoisotopic (exact) mass is 312 g/mol. The molecule has 2 rings (SSSR count). The molecule has 1 saturated heterocycles. The summed E-state index contributed by atoms with van der Waals surface area (Å²) < 4.78 is 0. The van der Waals surface area contributed by atoms with Crippen LogP contribution in [0.4, 0.5) is 0 Å². The van der Waals surface area contributed by atoms with Gasteiger partial charge in [0.05, 0.1) is 16.0 Å². The molecule has 0 saturated carbocycles. The lowest BCUT2D eigenvalue weighted by Gasteiger charge is -2.13. The minimum atomic E-state index is -0.353. The summed E-state index contributed by atoms with van der Waals surface area (Å²) in [5.74, 6) is -0.731. The molecule has 0 bridgehead atoms. The molecule has 1 fully saturated rings. The average molecular weight is 313 g/mol. The molecule has 20 heavy (non-hydrogen) atoms. The number of hydrogen-bond donors (Lipinski definition) is 1. The Bertz CT molecular complexity index is 572. The summed E-state index contributed by atoms with van der Waals surface area (Å²) in [6.07, 6.45) is 3.76. The summed E-state index contributed by atoms with van der Waals surface area (Å²) in [5, 5.41) is 0.912. The molecule has 1 aliphatic heterocycles. The summed E-state index contributed by atoms with van der Waals surface area (Å²) in [6, 6.07) is 5.13. The lowest BCUT2D eigenvalue weighted by Crippen LogP contribution is -2.30. The van der Waals surface area contributed by atoms with Crippen LogP contribution >= 0.6 is 23.2 Å². The third-order valence-corrected chi connectivity index (χ3v) is 4.00. The maximum absolute atomic E-state index is 12.0. The van der Waals surface area contributed by atoms with E-state index in [1.165, 1.54) is 6.08 Å². The van der Waals surface area contributed by atoms with Crippen molar-refractivity contribution < 1.29 is 9.59 Å². The van der Waals surface area contributed by atoms with Crippen molar-refractivity contribution in [3.05, 3.63) is 39.9 Å². The summed E-state index contributed by atoms with van der Waals surface area (Å²) in [4.78, 5) is 24.6. The van der Waals surface area contributed by atoms with Gasteiger partial charge in [-0.1, -0.05) is 29.3 Å². The summed E-state index contributed by atoms with van der Waals surface area (Å²) in [5.41, 5.74) is 6.02. The summed E-state index contributed by atoms with van der Waals surface area (Å²) in [6.45, 7) is 0.942. The smallest absolute Gasteiger partial charge is 0.246 e. The lowest BCUT2D eigenvalue weighted by molar-refractivity contribution is -0.125. The number of primary amides is 1. The van der Waals surface area contributed by atoms with E-state index in [2.05, 4.69) is 0 Å². The van der Waals surface area contributed by atoms with Gasteiger partial charge in [0.15, 0.2) is 0 Å². The topological polar surface area (TPSA) is 63.4 Å². The number of nitrogens with zero attached hydrogens (tertiary/aromatic N) is 1. The first kappa shape index (κ1) is 14.9. The number of benzene rings is 1. The number of halogens is 2. The van der Waals surface area contributed by atoms with Gasteiger partial charge in [-0.05, 0) is 30.2 Å². The van der Waals surface area contributed by atoms with Gasteiger partial charge in [-0.25, -0.2) is 0 Å². The molecule has 4 nitrogen and oxygen atoms in total. The largest absolute Gasteiger partial charge is 0.369 e. The molecule has 1 unspecified atom stereocenters. The van der Waals surface area contributed by atoms with Crippen LogP contribution in [0.25, 0.3) is 6.08 Å². The second-order valence-corrected chi connectivity index (χ2v) is 5.49. The molecule has 0 aromatic heterocycles. The average Bonchev–Trinajstić information content (AvgIpc) is 2.89. The maximum atomic E-state index is 12.0. The molecular formula is C14H14Cl2N2O2. The molecule has 0 radical (unpaired) electrons. The van der Waals surface area contributed by atoms with E-state index in [1.807, 2.05) is 0 Å². The van der Waals surface area contributed by atoms with Crippen molar-refractivity contribution in [3.63, 3.8) is 0 Å². The Balaban J connectivity index is 1.99. The number of carbonyl (C=O) groups excluding carboxylic acids is 2. The highest BCUT2D eigenvalue weighted by molar-refractivity contribution is 6.42. The minimum Gasteiger partial charge on any atom is -0.369 e. The van der Waals surface area contributed by atoms with Crippen molar-refractivity contribution in [2.24, 2.45) is 11.7 Å². The van der Waals surface area contributed by atoms with Gasteiger partial charge >= 0.3 is 0 Å². The molecule has 0 spiro atoms. The minimum absolute atomic E-state index is 0.139. The lowest BCUT2D eigenvalue weighted by atomic mass is 10.1. The predicted octanol–water partition coefficient (Wildman–Crippen LogP) is 2.34. The van der Waals surface area contributed by atoms with E-state index in [1.54, 1.807) is 29.2 Å². The van der Waals surface area contributed by atoms with Crippen molar-refractivity contribution in [2.45, 2.75) is 6.42 Å². The number of nitrogens with two attached hydrogens (primary N) is 1. The number of rotatable bonds is 3. The molecular weight excluding hydrogens is 299 g/mol. The van der Waals surface area contributed by atoms with E-state index in [-0.39, 0.29) is 17.7 Å². The van der Waals surface area contributed by atoms with Crippen molar-refractivity contribution in [3.8, 4) is 0 Å². The molecule has 2 N–H and O–H groups in total. The van der Waals surface area contributed by atoms with Crippen LogP contribution in [0.5, 0.6) is 0 Å². The van der Waals surface area contributed by atoms with Crippen LogP contribution in [0.1, 0.15) is 12.0 Å². The maximum Gasteiger partial charge on any atom is 0.246 e. The van der Waals surface area contributed by atoms with Crippen LogP contribution < -0.4 is 5.73 Å². The zero-order chi connectivity index (χ0) is 14.7. The highest BCUT2D eigenvalue weighted by Crippen LogP contribution is 2.23. The molecule has 2 amide bonds. The fraction of sp³-hybridized carbons (Fsp3) is 0.286. The van der Waals surface area contributed by atoms with Gasteiger partial charge in [0.25, 0.3) is 0 Å². The van der Waals surface area contributed by atoms with Gasteiger partial charge in [0.2, 0.25) is 11.8 Å². The molecule has 106 valence electrons. The highest BCUT2D eigenvalue weighted by atomic mass is 35.5. The van der Waals surface area contributed by atoms with Gasteiger partial charge in [-0.2, -0.15) is 0 Å². The first-order chi connectivity index (χ1) is 9.47. The molecule has 1 aromatic rings. The Morgan fingerprint density at radius 3 is 2.65 bits per heavy atom. The van der Waals surface area contributed by atoms with Gasteiger partial charge < -0.3 is 10.6 Å². The van der Waals surface area contributed by atoms with Crippen LogP contribution in [0.3, 0.4) is 0 Å². The quantitative estimate of drug-likeness (QED) is 0.871. The van der Waals surface area contributed by atoms with E-state index in [9.17, 15) is 9.59 Å². The number of hydrogen-bond acceptors (Lipinski definition) is 2. The van der Waals surface area contributed by atoms with Gasteiger partial charge in [0, 0.05) is 19.2 Å². The number of amides is 2. The van der Waals surface area contributed by atoms with Gasteiger partial charge in [-0.3, -0.25) is 9.59 Å².